The van der Waals surface area contributed by atoms with E-state index in [-0.39, 0.29) is 12.1 Å². The molecule has 1 aromatic rings. The van der Waals surface area contributed by atoms with Gasteiger partial charge in [-0.3, -0.25) is 14.3 Å². The Morgan fingerprint density at radius 2 is 2.20 bits per heavy atom. The number of azide groups is 1. The summed E-state index contributed by atoms with van der Waals surface area (Å²) >= 11 is 0. The second kappa shape index (κ2) is 7.46. The van der Waals surface area contributed by atoms with Crippen molar-refractivity contribution in [1.29, 1.82) is 0 Å². The van der Waals surface area contributed by atoms with Crippen LogP contribution >= 0.6 is 0 Å². The molecule has 1 heterocycles. The van der Waals surface area contributed by atoms with Gasteiger partial charge in [-0.05, 0) is 12.5 Å². The average Bonchev–Trinajstić information content (AvgIpc) is 2.44. The molecule has 20 heavy (non-hydrogen) atoms. The number of ether oxygens (including phenoxy) is 1. The van der Waals surface area contributed by atoms with Crippen molar-refractivity contribution in [1.82, 2.24) is 9.55 Å². The van der Waals surface area contributed by atoms with E-state index in [1.54, 1.807) is 0 Å². The number of hydrogen-bond acceptors (Lipinski definition) is 6. The lowest BCUT2D eigenvalue weighted by Crippen LogP contribution is -2.38. The predicted molar refractivity (Wildman–Crippen MR) is 68.2 cm³/mol. The fourth-order valence-electron chi connectivity index (χ4n) is 1.49. The van der Waals surface area contributed by atoms with Gasteiger partial charge in [0.25, 0.3) is 5.56 Å². The fourth-order valence-corrected chi connectivity index (χ4v) is 1.49. The highest BCUT2D eigenvalue weighted by Crippen LogP contribution is 2.09. The van der Waals surface area contributed by atoms with E-state index in [1.165, 1.54) is 13.1 Å². The average molecular weight is 285 g/mol. The van der Waals surface area contributed by atoms with Crippen LogP contribution in [-0.2, 0) is 4.74 Å². The molecule has 110 valence electrons. The van der Waals surface area contributed by atoms with Crippen LogP contribution in [0.1, 0.15) is 11.8 Å². The van der Waals surface area contributed by atoms with Gasteiger partial charge in [-0.2, -0.15) is 0 Å². The van der Waals surface area contributed by atoms with Gasteiger partial charge in [0.1, 0.15) is 0 Å². The number of H-pyrrole nitrogens is 1. The molecule has 0 aliphatic rings. The van der Waals surface area contributed by atoms with Crippen molar-refractivity contribution < 1.29 is 14.9 Å². The first-order valence-corrected chi connectivity index (χ1v) is 5.73. The van der Waals surface area contributed by atoms with Crippen LogP contribution < -0.4 is 11.2 Å². The van der Waals surface area contributed by atoms with Crippen LogP contribution in [0.25, 0.3) is 10.4 Å². The van der Waals surface area contributed by atoms with Crippen molar-refractivity contribution >= 4 is 0 Å². The van der Waals surface area contributed by atoms with E-state index in [9.17, 15) is 14.7 Å². The van der Waals surface area contributed by atoms with Crippen molar-refractivity contribution in [2.75, 3.05) is 19.8 Å². The predicted octanol–water partition coefficient (Wildman–Crippen LogP) is -0.976. The van der Waals surface area contributed by atoms with Gasteiger partial charge in [-0.15, -0.1) is 0 Å². The first-order chi connectivity index (χ1) is 9.53. The zero-order chi connectivity index (χ0) is 15.1. The molecule has 2 atom stereocenters. The van der Waals surface area contributed by atoms with E-state index in [4.69, 9.17) is 15.4 Å². The maximum absolute atomic E-state index is 11.6. The minimum absolute atomic E-state index is 0.152. The summed E-state index contributed by atoms with van der Waals surface area (Å²) in [6.45, 7) is 0.331. The lowest BCUT2D eigenvalue weighted by atomic mass is 10.3. The zero-order valence-corrected chi connectivity index (χ0v) is 10.8. The summed E-state index contributed by atoms with van der Waals surface area (Å²) in [5, 5.41) is 21.6. The Morgan fingerprint density at radius 1 is 1.50 bits per heavy atom. The molecule has 0 fully saturated rings. The Kier molecular flexibility index (Phi) is 5.94. The van der Waals surface area contributed by atoms with Crippen LogP contribution in [0.3, 0.4) is 0 Å². The molecule has 0 radical (unpaired) electrons. The molecule has 0 saturated heterocycles. The normalized spacial score (nSPS) is 13.6. The van der Waals surface area contributed by atoms with E-state index in [2.05, 4.69) is 15.0 Å². The molecule has 0 aromatic carbocycles. The van der Waals surface area contributed by atoms with Crippen molar-refractivity contribution in [3.05, 3.63) is 43.0 Å². The Hall–Kier alpha value is -2.13. The van der Waals surface area contributed by atoms with Crippen LogP contribution in [-0.4, -0.2) is 45.6 Å². The third-order valence-corrected chi connectivity index (χ3v) is 2.51. The Bertz CT molecular complexity index is 603. The maximum atomic E-state index is 11.6. The fraction of sp³-hybridized carbons (Fsp3) is 0.600. The largest absolute Gasteiger partial charge is 0.394 e. The van der Waals surface area contributed by atoms with E-state index in [1.807, 2.05) is 0 Å². The second-order valence-electron chi connectivity index (χ2n) is 3.97. The molecule has 10 heteroatoms. The summed E-state index contributed by atoms with van der Waals surface area (Å²) in [6, 6.07) is 0. The molecule has 0 aliphatic carbocycles. The minimum atomic E-state index is -1.11. The summed E-state index contributed by atoms with van der Waals surface area (Å²) in [5.74, 6) is 0. The lowest BCUT2D eigenvalue weighted by molar-refractivity contribution is -0.0942. The van der Waals surface area contributed by atoms with Gasteiger partial charge in [0.05, 0.1) is 25.9 Å². The Labute approximate surface area is 112 Å². The van der Waals surface area contributed by atoms with Crippen LogP contribution in [0.15, 0.2) is 20.9 Å². The molecular formula is C10H15N5O5. The van der Waals surface area contributed by atoms with Gasteiger partial charge >= 0.3 is 5.69 Å². The third-order valence-electron chi connectivity index (χ3n) is 2.51. The van der Waals surface area contributed by atoms with Crippen LogP contribution in [0, 0.1) is 6.92 Å². The van der Waals surface area contributed by atoms with Gasteiger partial charge in [0, 0.05) is 16.7 Å². The third kappa shape index (κ3) is 3.93. The number of aromatic nitrogens is 2. The van der Waals surface area contributed by atoms with Gasteiger partial charge in [0.2, 0.25) is 0 Å². The zero-order valence-electron chi connectivity index (χ0n) is 10.8. The van der Waals surface area contributed by atoms with Crippen molar-refractivity contribution in [3.8, 4) is 0 Å². The quantitative estimate of drug-likeness (QED) is 0.334. The number of aromatic amines is 1. The minimum Gasteiger partial charge on any atom is -0.394 e. The highest BCUT2D eigenvalue weighted by molar-refractivity contribution is 5.01. The summed E-state index contributed by atoms with van der Waals surface area (Å²) < 4.78 is 6.28. The Morgan fingerprint density at radius 3 is 2.75 bits per heavy atom. The van der Waals surface area contributed by atoms with Crippen LogP contribution in [0.2, 0.25) is 0 Å². The Balaban J connectivity index is 3.01. The smallest absolute Gasteiger partial charge is 0.330 e. The number of aryl methyl sites for hydroxylation is 1. The van der Waals surface area contributed by atoms with Gasteiger partial charge < -0.3 is 14.9 Å². The molecule has 0 saturated carbocycles. The van der Waals surface area contributed by atoms with Crippen molar-refractivity contribution in [2.45, 2.75) is 19.3 Å². The SMILES string of the molecule is Cc1cn([C@H](CO)O[C@H](CO)CN=[N+]=[N-])c(=O)[nH]c1=O. The lowest BCUT2D eigenvalue weighted by Gasteiger charge is -2.22. The van der Waals surface area contributed by atoms with Crippen LogP contribution in [0.4, 0.5) is 0 Å². The standard InChI is InChI=1S/C10H15N5O5/c1-6-3-15(10(19)13-9(6)18)8(5-17)20-7(4-16)2-12-14-11/h3,7-8,16-17H,2,4-5H2,1H3,(H,13,18,19)/t7-,8-/m0/s1. The van der Waals surface area contributed by atoms with E-state index in [0.717, 1.165) is 4.57 Å². The molecule has 0 amide bonds. The molecule has 0 aliphatic heterocycles. The van der Waals surface area contributed by atoms with E-state index < -0.39 is 36.8 Å². The van der Waals surface area contributed by atoms with Crippen LogP contribution in [0.5, 0.6) is 0 Å². The number of aliphatic hydroxyl groups excluding tert-OH is 2. The first kappa shape index (κ1) is 15.9. The van der Waals surface area contributed by atoms with E-state index >= 15 is 0 Å². The molecule has 1 aromatic heterocycles. The topological polar surface area (TPSA) is 153 Å². The molecule has 1 rings (SSSR count). The molecule has 0 bridgehead atoms. The molecule has 0 spiro atoms. The number of nitrogens with one attached hydrogen (secondary N) is 1. The maximum Gasteiger partial charge on any atom is 0.330 e. The van der Waals surface area contributed by atoms with E-state index in [0.29, 0.717) is 0 Å². The summed E-state index contributed by atoms with van der Waals surface area (Å²) in [4.78, 5) is 27.5. The highest BCUT2D eigenvalue weighted by Gasteiger charge is 2.18. The molecule has 10 nitrogen and oxygen atoms in total. The van der Waals surface area contributed by atoms with Gasteiger partial charge in [0.15, 0.2) is 6.23 Å². The molecule has 3 N–H and O–H groups in total. The summed E-state index contributed by atoms with van der Waals surface area (Å²) in [6.07, 6.45) is -0.740. The van der Waals surface area contributed by atoms with Crippen molar-refractivity contribution in [3.63, 3.8) is 0 Å². The number of nitrogens with zero attached hydrogens (tertiary/aromatic N) is 4. The number of hydrogen-bond donors (Lipinski definition) is 3. The summed E-state index contributed by atoms with van der Waals surface area (Å²) in [5.41, 5.74) is 7.19. The molecule has 0 unspecified atom stereocenters. The summed E-state index contributed by atoms with van der Waals surface area (Å²) in [7, 11) is 0. The number of rotatable bonds is 7. The van der Waals surface area contributed by atoms with Gasteiger partial charge in [-0.25, -0.2) is 4.79 Å². The first-order valence-electron chi connectivity index (χ1n) is 5.73. The van der Waals surface area contributed by atoms with Crippen molar-refractivity contribution in [2.24, 2.45) is 5.11 Å². The monoisotopic (exact) mass is 285 g/mol. The number of aliphatic hydroxyl groups is 2. The second-order valence-corrected chi connectivity index (χ2v) is 3.97. The molecular weight excluding hydrogens is 270 g/mol. The van der Waals surface area contributed by atoms with Gasteiger partial charge in [-0.1, -0.05) is 5.11 Å². The highest BCUT2D eigenvalue weighted by atomic mass is 16.5.